The first-order chi connectivity index (χ1) is 21.5. The number of fused-ring (bicyclic) bond motifs is 1. The molecule has 5 rings (SSSR count). The monoisotopic (exact) mass is 618 g/mol. The fourth-order valence-corrected chi connectivity index (χ4v) is 5.49. The van der Waals surface area contributed by atoms with Crippen LogP contribution in [0.15, 0.2) is 76.4 Å². The molecule has 3 aromatic carbocycles. The Kier molecular flexibility index (Phi) is 9.10. The zero-order valence-electron chi connectivity index (χ0n) is 25.4. The molecule has 45 heavy (non-hydrogen) atoms. The van der Waals surface area contributed by atoms with E-state index < -0.39 is 40.8 Å². The summed E-state index contributed by atoms with van der Waals surface area (Å²) in [6.45, 7) is 1.60. The van der Waals surface area contributed by atoms with Crippen molar-refractivity contribution in [2.75, 3.05) is 21.2 Å². The third kappa shape index (κ3) is 6.08. The lowest BCUT2D eigenvalue weighted by molar-refractivity contribution is -0.118. The largest absolute Gasteiger partial charge is 0.494 e. The number of aromatic nitrogens is 3. The topological polar surface area (TPSA) is 78.0 Å². The molecule has 0 aliphatic rings. The number of carbonyl (C=O) groups excluding carboxylic acids is 1. The van der Waals surface area contributed by atoms with Crippen molar-refractivity contribution in [3.05, 3.63) is 122 Å². The molecule has 0 spiro atoms. The van der Waals surface area contributed by atoms with Crippen LogP contribution in [-0.4, -0.2) is 45.7 Å². The van der Waals surface area contributed by atoms with E-state index in [4.69, 9.17) is 4.74 Å². The molecule has 0 unspecified atom stereocenters. The molecule has 5 aromatic rings. The van der Waals surface area contributed by atoms with Crippen LogP contribution in [0.2, 0.25) is 0 Å². The highest BCUT2D eigenvalue weighted by Gasteiger charge is 2.25. The zero-order valence-corrected chi connectivity index (χ0v) is 25.4. The molecule has 0 amide bonds. The summed E-state index contributed by atoms with van der Waals surface area (Å²) in [6.07, 6.45) is 3.11. The third-order valence-corrected chi connectivity index (χ3v) is 7.61. The number of methoxy groups -OCH3 is 1. The van der Waals surface area contributed by atoms with Gasteiger partial charge in [0.2, 0.25) is 0 Å². The molecule has 0 saturated heterocycles. The number of rotatable bonds is 11. The number of hydrogen-bond acceptors (Lipinski definition) is 5. The zero-order chi connectivity index (χ0) is 32.4. The SMILES string of the molecule is CCCC(=O)Cc1ccc(-c2cn3c(c2CN(C)C)c(=O)n(-c2cccc(OC)c2F)c(=O)n3Cc2c(F)cccc2F)cc1. The van der Waals surface area contributed by atoms with Crippen molar-refractivity contribution in [1.29, 1.82) is 0 Å². The number of ether oxygens (including phenoxy) is 1. The Morgan fingerprint density at radius 1 is 0.911 bits per heavy atom. The van der Waals surface area contributed by atoms with Crippen molar-refractivity contribution in [3.8, 4) is 22.6 Å². The van der Waals surface area contributed by atoms with Gasteiger partial charge < -0.3 is 9.64 Å². The molecule has 0 atom stereocenters. The molecule has 2 heterocycles. The van der Waals surface area contributed by atoms with Crippen LogP contribution in [0.5, 0.6) is 5.75 Å². The van der Waals surface area contributed by atoms with Crippen molar-refractivity contribution in [2.45, 2.75) is 39.3 Å². The highest BCUT2D eigenvalue weighted by Crippen LogP contribution is 2.30. The predicted molar refractivity (Wildman–Crippen MR) is 166 cm³/mol. The molecule has 11 heteroatoms. The van der Waals surface area contributed by atoms with Crippen LogP contribution < -0.4 is 16.0 Å². The van der Waals surface area contributed by atoms with Crippen molar-refractivity contribution in [3.63, 3.8) is 0 Å². The van der Waals surface area contributed by atoms with E-state index in [0.29, 0.717) is 34.1 Å². The first kappa shape index (κ1) is 31.5. The Labute approximate surface area is 257 Å². The quantitative estimate of drug-likeness (QED) is 0.199. The molecule has 0 bridgehead atoms. The lowest BCUT2D eigenvalue weighted by Gasteiger charge is -2.17. The van der Waals surface area contributed by atoms with E-state index in [-0.39, 0.29) is 29.3 Å². The third-order valence-electron chi connectivity index (χ3n) is 7.61. The summed E-state index contributed by atoms with van der Waals surface area (Å²) in [5.41, 5.74) is 0.0522. The second-order valence-corrected chi connectivity index (χ2v) is 11.1. The Morgan fingerprint density at radius 3 is 2.20 bits per heavy atom. The van der Waals surface area contributed by atoms with Crippen LogP contribution in [0.1, 0.15) is 36.5 Å². The normalized spacial score (nSPS) is 11.5. The van der Waals surface area contributed by atoms with E-state index in [0.717, 1.165) is 28.8 Å². The molecule has 8 nitrogen and oxygen atoms in total. The highest BCUT2D eigenvalue weighted by molar-refractivity contribution is 5.81. The Hall–Kier alpha value is -4.90. The van der Waals surface area contributed by atoms with Gasteiger partial charge in [-0.05, 0) is 55.9 Å². The fourth-order valence-electron chi connectivity index (χ4n) is 5.49. The van der Waals surface area contributed by atoms with Crippen LogP contribution in [-0.2, 0) is 24.3 Å². The number of carbonyl (C=O) groups is 1. The Balaban J connectivity index is 1.83. The Morgan fingerprint density at radius 2 is 1.58 bits per heavy atom. The minimum atomic E-state index is -1.01. The number of ketones is 1. The van der Waals surface area contributed by atoms with E-state index in [1.165, 1.54) is 35.9 Å². The fraction of sp³-hybridized carbons (Fsp3) is 0.265. The van der Waals surface area contributed by atoms with Gasteiger partial charge in [0, 0.05) is 42.3 Å². The molecule has 0 fully saturated rings. The van der Waals surface area contributed by atoms with Gasteiger partial charge in [-0.1, -0.05) is 43.3 Å². The maximum absolute atomic E-state index is 15.6. The minimum Gasteiger partial charge on any atom is -0.494 e. The van der Waals surface area contributed by atoms with Gasteiger partial charge in [0.1, 0.15) is 22.9 Å². The van der Waals surface area contributed by atoms with E-state index in [1.807, 2.05) is 36.1 Å². The summed E-state index contributed by atoms with van der Waals surface area (Å²) in [5.74, 6) is -2.76. The van der Waals surface area contributed by atoms with Crippen molar-refractivity contribution in [2.24, 2.45) is 0 Å². The lowest BCUT2D eigenvalue weighted by atomic mass is 9.99. The average molecular weight is 619 g/mol. The van der Waals surface area contributed by atoms with E-state index in [9.17, 15) is 23.2 Å². The number of Topliss-reactive ketones (excluding diaryl/α,β-unsaturated/α-hetero) is 1. The highest BCUT2D eigenvalue weighted by atomic mass is 19.1. The molecule has 0 radical (unpaired) electrons. The van der Waals surface area contributed by atoms with Gasteiger partial charge in [0.05, 0.1) is 19.3 Å². The van der Waals surface area contributed by atoms with Gasteiger partial charge in [0.25, 0.3) is 5.56 Å². The molecule has 0 aliphatic carbocycles. The number of halogens is 3. The maximum atomic E-state index is 15.6. The van der Waals surface area contributed by atoms with Crippen LogP contribution >= 0.6 is 0 Å². The molecule has 2 aromatic heterocycles. The number of benzene rings is 3. The van der Waals surface area contributed by atoms with Crippen molar-refractivity contribution < 1.29 is 22.7 Å². The number of hydrogen-bond donors (Lipinski definition) is 0. The number of nitrogens with zero attached hydrogens (tertiary/aromatic N) is 4. The van der Waals surface area contributed by atoms with Crippen LogP contribution in [0, 0.1) is 17.5 Å². The summed E-state index contributed by atoms with van der Waals surface area (Å²) in [6, 6.07) is 14.7. The van der Waals surface area contributed by atoms with Gasteiger partial charge in [-0.25, -0.2) is 27.2 Å². The summed E-state index contributed by atoms with van der Waals surface area (Å²) < 4.78 is 53.4. The van der Waals surface area contributed by atoms with Crippen LogP contribution in [0.25, 0.3) is 22.3 Å². The summed E-state index contributed by atoms with van der Waals surface area (Å²) in [7, 11) is 4.87. The molecular weight excluding hydrogens is 585 g/mol. The van der Waals surface area contributed by atoms with E-state index >= 15 is 4.39 Å². The summed E-state index contributed by atoms with van der Waals surface area (Å²) in [4.78, 5) is 42.4. The second kappa shape index (κ2) is 13.0. The second-order valence-electron chi connectivity index (χ2n) is 11.1. The standard InChI is InChI=1S/C34H33F3N4O4/c1-5-8-23(42)17-21-13-15-22(16-14-21)24-19-39-32(25(24)18-38(2)3)33(43)41(29-11-7-12-30(45-4)31(29)37)34(44)40(39)20-26-27(35)9-6-10-28(26)36/h6-7,9-16,19H,5,8,17-18,20H2,1-4H3. The smallest absolute Gasteiger partial charge is 0.351 e. The van der Waals surface area contributed by atoms with Gasteiger partial charge in [-0.3, -0.25) is 14.1 Å². The molecule has 0 N–H and O–H groups in total. The van der Waals surface area contributed by atoms with Gasteiger partial charge in [-0.15, -0.1) is 0 Å². The molecule has 0 aliphatic heterocycles. The van der Waals surface area contributed by atoms with Gasteiger partial charge >= 0.3 is 5.69 Å². The van der Waals surface area contributed by atoms with E-state index in [2.05, 4.69) is 0 Å². The maximum Gasteiger partial charge on any atom is 0.351 e. The Bertz CT molecular complexity index is 1990. The lowest BCUT2D eigenvalue weighted by Crippen LogP contribution is -2.43. The van der Waals surface area contributed by atoms with Gasteiger partial charge in [0.15, 0.2) is 11.6 Å². The van der Waals surface area contributed by atoms with Crippen LogP contribution in [0.4, 0.5) is 13.2 Å². The minimum absolute atomic E-state index is 0.0273. The molecule has 0 saturated carbocycles. The van der Waals surface area contributed by atoms with Gasteiger partial charge in [-0.2, -0.15) is 0 Å². The predicted octanol–water partition coefficient (Wildman–Crippen LogP) is 5.37. The van der Waals surface area contributed by atoms with Crippen LogP contribution in [0.3, 0.4) is 0 Å². The molecule has 234 valence electrons. The average Bonchev–Trinajstić information content (AvgIpc) is 3.36. The van der Waals surface area contributed by atoms with Crippen molar-refractivity contribution in [1.82, 2.24) is 18.7 Å². The first-order valence-electron chi connectivity index (χ1n) is 14.5. The summed E-state index contributed by atoms with van der Waals surface area (Å²) in [5, 5.41) is 0. The first-order valence-corrected chi connectivity index (χ1v) is 14.5. The van der Waals surface area contributed by atoms with E-state index in [1.54, 1.807) is 20.3 Å². The summed E-state index contributed by atoms with van der Waals surface area (Å²) >= 11 is 0. The van der Waals surface area contributed by atoms with Crippen molar-refractivity contribution >= 4 is 11.3 Å². The molecular formula is C34H33F3N4O4.